The van der Waals surface area contributed by atoms with E-state index in [-0.39, 0.29) is 10.9 Å². The van der Waals surface area contributed by atoms with Gasteiger partial charge < -0.3 is 15.5 Å². The van der Waals surface area contributed by atoms with Gasteiger partial charge in [-0.05, 0) is 65.9 Å². The van der Waals surface area contributed by atoms with Gasteiger partial charge in [-0.3, -0.25) is 4.79 Å². The Bertz CT molecular complexity index is 1480. The molecule has 0 aliphatic carbocycles. The molecule has 1 saturated heterocycles. The maximum absolute atomic E-state index is 13.7. The van der Waals surface area contributed by atoms with Gasteiger partial charge in [-0.1, -0.05) is 36.8 Å². The number of carbonyl (C=O) groups excluding carboxylic acids is 1. The van der Waals surface area contributed by atoms with Gasteiger partial charge in [0.2, 0.25) is 10.0 Å². The lowest BCUT2D eigenvalue weighted by molar-refractivity contribution is 0.100. The van der Waals surface area contributed by atoms with Crippen LogP contribution < -0.4 is 10.5 Å². The molecule has 0 radical (unpaired) electrons. The number of rotatable bonds is 6. The third-order valence-corrected chi connectivity index (χ3v) is 8.60. The molecular formula is C27H27N3O4S. The first-order valence-corrected chi connectivity index (χ1v) is 13.0. The van der Waals surface area contributed by atoms with Gasteiger partial charge in [0, 0.05) is 18.1 Å². The summed E-state index contributed by atoms with van der Waals surface area (Å²) in [4.78, 5) is 15.8. The molecule has 4 aromatic rings. The molecule has 2 heterocycles. The first-order chi connectivity index (χ1) is 16.9. The van der Waals surface area contributed by atoms with Gasteiger partial charge in [-0.15, -0.1) is 0 Å². The Hall–Kier alpha value is -3.62. The molecule has 8 heteroatoms. The zero-order valence-electron chi connectivity index (χ0n) is 19.4. The summed E-state index contributed by atoms with van der Waals surface area (Å²) in [5.74, 6) is 0.0655. The van der Waals surface area contributed by atoms with E-state index in [1.54, 1.807) is 41.7 Å². The minimum absolute atomic E-state index is 0.229. The molecule has 180 valence electrons. The van der Waals surface area contributed by atoms with Crippen LogP contribution in [0.1, 0.15) is 41.2 Å². The van der Waals surface area contributed by atoms with E-state index in [0.717, 1.165) is 34.9 Å². The summed E-state index contributed by atoms with van der Waals surface area (Å²) in [5.41, 5.74) is 9.40. The topological polar surface area (TPSA) is 105 Å². The van der Waals surface area contributed by atoms with Crippen molar-refractivity contribution in [2.45, 2.75) is 30.2 Å². The smallest absolute Gasteiger partial charge is 0.250 e. The molecule has 1 unspecified atom stereocenters. The lowest BCUT2D eigenvalue weighted by Gasteiger charge is -2.34. The number of benzene rings is 3. The maximum Gasteiger partial charge on any atom is 0.250 e. The molecule has 0 bridgehead atoms. The fourth-order valence-corrected chi connectivity index (χ4v) is 6.58. The highest BCUT2D eigenvalue weighted by atomic mass is 32.2. The van der Waals surface area contributed by atoms with Crippen LogP contribution in [0.4, 0.5) is 0 Å². The third-order valence-electron chi connectivity index (χ3n) is 6.67. The van der Waals surface area contributed by atoms with E-state index >= 15 is 0 Å². The highest BCUT2D eigenvalue weighted by molar-refractivity contribution is 7.89. The molecule has 1 fully saturated rings. The second-order valence-corrected chi connectivity index (χ2v) is 10.6. The van der Waals surface area contributed by atoms with E-state index in [1.807, 2.05) is 42.6 Å². The van der Waals surface area contributed by atoms with Gasteiger partial charge in [0.15, 0.2) is 0 Å². The Balaban J connectivity index is 1.63. The number of aromatic amines is 1. The molecule has 1 aliphatic rings. The van der Waals surface area contributed by atoms with Crippen molar-refractivity contribution in [1.29, 1.82) is 0 Å². The monoisotopic (exact) mass is 489 g/mol. The number of aromatic nitrogens is 1. The average Bonchev–Trinajstić information content (AvgIpc) is 3.32. The molecule has 0 saturated carbocycles. The number of piperidine rings is 1. The summed E-state index contributed by atoms with van der Waals surface area (Å²) < 4.78 is 34.2. The van der Waals surface area contributed by atoms with Gasteiger partial charge >= 0.3 is 0 Å². The van der Waals surface area contributed by atoms with Crippen LogP contribution >= 0.6 is 0 Å². The van der Waals surface area contributed by atoms with Crippen molar-refractivity contribution in [2.75, 3.05) is 13.7 Å². The van der Waals surface area contributed by atoms with Crippen molar-refractivity contribution >= 4 is 26.8 Å². The quantitative estimate of drug-likeness (QED) is 0.403. The van der Waals surface area contributed by atoms with Crippen LogP contribution in [0.5, 0.6) is 5.75 Å². The van der Waals surface area contributed by atoms with Crippen LogP contribution in [-0.4, -0.2) is 37.3 Å². The van der Waals surface area contributed by atoms with Crippen LogP contribution in [-0.2, 0) is 10.0 Å². The van der Waals surface area contributed by atoms with Crippen molar-refractivity contribution in [1.82, 2.24) is 9.29 Å². The molecular weight excluding hydrogens is 462 g/mol. The average molecular weight is 490 g/mol. The van der Waals surface area contributed by atoms with Gasteiger partial charge in [0.05, 0.1) is 29.1 Å². The number of nitrogens with two attached hydrogens (primary N) is 1. The Morgan fingerprint density at radius 1 is 1.03 bits per heavy atom. The van der Waals surface area contributed by atoms with E-state index < -0.39 is 15.9 Å². The number of carbonyl (C=O) groups is 1. The molecule has 1 atom stereocenters. The highest BCUT2D eigenvalue weighted by Gasteiger charge is 2.36. The number of sulfonamides is 1. The summed E-state index contributed by atoms with van der Waals surface area (Å²) in [6, 6.07) is 19.6. The predicted molar refractivity (Wildman–Crippen MR) is 136 cm³/mol. The number of hydrogen-bond donors (Lipinski definition) is 2. The van der Waals surface area contributed by atoms with Crippen LogP contribution in [0, 0.1) is 0 Å². The van der Waals surface area contributed by atoms with Crippen LogP contribution in [0.15, 0.2) is 77.8 Å². The largest absolute Gasteiger partial charge is 0.497 e. The standard InChI is InChI=1S/C27H27N3O4S/c1-34-20-10-12-21(13-11-20)35(32,33)30-14-6-5-9-25(30)24-17-29-26-22(24)15-19(16-23(26)27(28)31)18-7-3-2-4-8-18/h2-4,7-8,10-13,15-17,25,29H,5-6,9,14H2,1H3,(H2,28,31). The van der Waals surface area contributed by atoms with Crippen LogP contribution in [0.2, 0.25) is 0 Å². The Labute approximate surface area is 204 Å². The van der Waals surface area contributed by atoms with E-state index in [1.165, 1.54) is 0 Å². The van der Waals surface area contributed by atoms with E-state index in [0.29, 0.717) is 29.8 Å². The van der Waals surface area contributed by atoms with E-state index in [4.69, 9.17) is 10.5 Å². The number of hydrogen-bond acceptors (Lipinski definition) is 4. The lowest BCUT2D eigenvalue weighted by Crippen LogP contribution is -2.38. The maximum atomic E-state index is 13.7. The van der Waals surface area contributed by atoms with Gasteiger partial charge in [-0.25, -0.2) is 8.42 Å². The normalized spacial score (nSPS) is 16.9. The first kappa shape index (κ1) is 23.1. The SMILES string of the molecule is COc1ccc(S(=O)(=O)N2CCCCC2c2c[nH]c3c(C(N)=O)cc(-c4ccccc4)cc23)cc1. The van der Waals surface area contributed by atoms with Crippen LogP contribution in [0.3, 0.4) is 0 Å². The van der Waals surface area contributed by atoms with Crippen molar-refractivity contribution in [3.8, 4) is 16.9 Å². The number of primary amides is 1. The number of nitrogens with one attached hydrogen (secondary N) is 1. The Morgan fingerprint density at radius 2 is 1.77 bits per heavy atom. The first-order valence-electron chi connectivity index (χ1n) is 11.6. The minimum atomic E-state index is -3.75. The van der Waals surface area contributed by atoms with E-state index in [9.17, 15) is 13.2 Å². The number of amides is 1. The number of H-pyrrole nitrogens is 1. The van der Waals surface area contributed by atoms with Crippen molar-refractivity contribution in [3.63, 3.8) is 0 Å². The summed E-state index contributed by atoms with van der Waals surface area (Å²) >= 11 is 0. The molecule has 1 aliphatic heterocycles. The molecule has 35 heavy (non-hydrogen) atoms. The molecule has 7 nitrogen and oxygen atoms in total. The predicted octanol–water partition coefficient (Wildman–Crippen LogP) is 4.86. The van der Waals surface area contributed by atoms with Crippen molar-refractivity contribution in [2.24, 2.45) is 5.73 Å². The Kier molecular flexibility index (Phi) is 6.08. The highest BCUT2D eigenvalue weighted by Crippen LogP contribution is 2.40. The van der Waals surface area contributed by atoms with E-state index in [2.05, 4.69) is 4.98 Å². The molecule has 5 rings (SSSR count). The Morgan fingerprint density at radius 3 is 2.46 bits per heavy atom. The molecule has 3 aromatic carbocycles. The van der Waals surface area contributed by atoms with Gasteiger partial charge in [0.25, 0.3) is 5.91 Å². The number of nitrogens with zero attached hydrogens (tertiary/aromatic N) is 1. The summed E-state index contributed by atoms with van der Waals surface area (Å²) in [6.07, 6.45) is 4.20. The molecule has 1 amide bonds. The van der Waals surface area contributed by atoms with Crippen LogP contribution in [0.25, 0.3) is 22.0 Å². The molecule has 0 spiro atoms. The third kappa shape index (κ3) is 4.19. The van der Waals surface area contributed by atoms with Gasteiger partial charge in [0.1, 0.15) is 5.75 Å². The molecule has 3 N–H and O–H groups in total. The van der Waals surface area contributed by atoms with Gasteiger partial charge in [-0.2, -0.15) is 4.31 Å². The summed E-state index contributed by atoms with van der Waals surface area (Å²) in [5, 5.41) is 0.807. The fraction of sp³-hybridized carbons (Fsp3) is 0.222. The second kappa shape index (κ2) is 9.20. The zero-order chi connectivity index (χ0) is 24.6. The minimum Gasteiger partial charge on any atom is -0.497 e. The fourth-order valence-electron chi connectivity index (χ4n) is 4.91. The zero-order valence-corrected chi connectivity index (χ0v) is 20.2. The second-order valence-electron chi connectivity index (χ2n) is 8.72. The number of ether oxygens (including phenoxy) is 1. The lowest BCUT2D eigenvalue weighted by atomic mass is 9.93. The molecule has 1 aromatic heterocycles. The summed E-state index contributed by atoms with van der Waals surface area (Å²) in [6.45, 7) is 0.423. The van der Waals surface area contributed by atoms with Crippen molar-refractivity contribution < 1.29 is 17.9 Å². The number of fused-ring (bicyclic) bond motifs is 1. The van der Waals surface area contributed by atoms with Crippen molar-refractivity contribution in [3.05, 3.63) is 84.1 Å². The summed E-state index contributed by atoms with van der Waals surface area (Å²) in [7, 11) is -2.20. The number of methoxy groups -OCH3 is 1.